The largest absolute Gasteiger partial charge is 0.481 e. The molecule has 1 rings (SSSR count). The Kier molecular flexibility index (Phi) is 5.13. The van der Waals surface area contributed by atoms with Gasteiger partial charge < -0.3 is 10.0 Å². The maximum Gasteiger partial charge on any atom is 0.323 e. The highest BCUT2D eigenvalue weighted by Gasteiger charge is 2.20. The van der Waals surface area contributed by atoms with Crippen molar-refractivity contribution >= 4 is 17.7 Å². The lowest BCUT2D eigenvalue weighted by atomic mass is 10.1. The normalized spacial score (nSPS) is 11.8. The topological polar surface area (TPSA) is 60.9 Å². The third-order valence-electron chi connectivity index (χ3n) is 3.18. The van der Waals surface area contributed by atoms with Crippen LogP contribution in [0, 0.1) is 19.8 Å². The fraction of sp³-hybridized carbons (Fsp3) is 0.467. The van der Waals surface area contributed by atoms with Crippen LogP contribution in [0.5, 0.6) is 0 Å². The van der Waals surface area contributed by atoms with Gasteiger partial charge in [0.1, 0.15) is 0 Å². The van der Waals surface area contributed by atoms with Gasteiger partial charge in [-0.15, -0.1) is 0 Å². The molecule has 0 spiro atoms. The zero-order chi connectivity index (χ0) is 15.4. The van der Waals surface area contributed by atoms with E-state index in [9.17, 15) is 9.59 Å². The van der Waals surface area contributed by atoms with Gasteiger partial charge in [0.2, 0.25) is 0 Å². The van der Waals surface area contributed by atoms with Crippen LogP contribution in [0.3, 0.4) is 0 Å². The van der Waals surface area contributed by atoms with Crippen LogP contribution in [0.1, 0.15) is 18.1 Å². The Balaban J connectivity index is 2.82. The van der Waals surface area contributed by atoms with Gasteiger partial charge in [-0.25, -0.2) is 4.79 Å². The van der Waals surface area contributed by atoms with E-state index in [2.05, 4.69) is 0 Å². The van der Waals surface area contributed by atoms with Crippen molar-refractivity contribution in [3.05, 3.63) is 29.3 Å². The molecule has 1 aromatic carbocycles. The van der Waals surface area contributed by atoms with E-state index < -0.39 is 11.9 Å². The molecule has 0 aliphatic carbocycles. The summed E-state index contributed by atoms with van der Waals surface area (Å²) in [4.78, 5) is 26.1. The first kappa shape index (κ1) is 16.0. The van der Waals surface area contributed by atoms with E-state index in [1.165, 1.54) is 9.80 Å². The molecule has 5 nitrogen and oxygen atoms in total. The highest BCUT2D eigenvalue weighted by molar-refractivity contribution is 5.91. The summed E-state index contributed by atoms with van der Waals surface area (Å²) in [6.07, 6.45) is 0. The van der Waals surface area contributed by atoms with Crippen molar-refractivity contribution < 1.29 is 14.7 Å². The van der Waals surface area contributed by atoms with Gasteiger partial charge in [0.05, 0.1) is 5.92 Å². The molecule has 0 saturated heterocycles. The number of amides is 2. The Morgan fingerprint density at radius 1 is 1.15 bits per heavy atom. The zero-order valence-electron chi connectivity index (χ0n) is 12.7. The molecule has 1 unspecified atom stereocenters. The molecule has 20 heavy (non-hydrogen) atoms. The molecule has 0 aromatic heterocycles. The van der Waals surface area contributed by atoms with Crippen LogP contribution < -0.4 is 4.90 Å². The fourth-order valence-corrected chi connectivity index (χ4v) is 2.08. The molecule has 2 amide bonds. The second kappa shape index (κ2) is 6.41. The number of anilines is 1. The highest BCUT2D eigenvalue weighted by atomic mass is 16.4. The third-order valence-corrected chi connectivity index (χ3v) is 3.18. The number of carboxylic acid groups (broad SMARTS) is 1. The van der Waals surface area contributed by atoms with Crippen LogP contribution in [-0.2, 0) is 4.79 Å². The van der Waals surface area contributed by atoms with Crippen LogP contribution in [-0.4, -0.2) is 42.6 Å². The Morgan fingerprint density at radius 3 is 2.10 bits per heavy atom. The average molecular weight is 278 g/mol. The first-order chi connectivity index (χ1) is 9.22. The van der Waals surface area contributed by atoms with Gasteiger partial charge in [0, 0.05) is 26.3 Å². The molecule has 1 atom stereocenters. The molecule has 0 bridgehead atoms. The Labute approximate surface area is 119 Å². The van der Waals surface area contributed by atoms with Gasteiger partial charge in [-0.05, 0) is 37.1 Å². The summed E-state index contributed by atoms with van der Waals surface area (Å²) in [5.74, 6) is -1.49. The van der Waals surface area contributed by atoms with Gasteiger partial charge >= 0.3 is 12.0 Å². The van der Waals surface area contributed by atoms with Crippen molar-refractivity contribution in [1.82, 2.24) is 4.90 Å². The number of carbonyl (C=O) groups excluding carboxylic acids is 1. The molecule has 1 aromatic rings. The molecule has 0 aliphatic rings. The van der Waals surface area contributed by atoms with E-state index in [0.717, 1.165) is 16.8 Å². The lowest BCUT2D eigenvalue weighted by molar-refractivity contribution is -0.141. The molecule has 5 heteroatoms. The van der Waals surface area contributed by atoms with Crippen molar-refractivity contribution in [3.8, 4) is 0 Å². The number of hydrogen-bond acceptors (Lipinski definition) is 2. The number of carboxylic acids is 1. The molecule has 0 saturated carbocycles. The number of rotatable bonds is 4. The predicted molar refractivity (Wildman–Crippen MR) is 79.1 cm³/mol. The van der Waals surface area contributed by atoms with Gasteiger partial charge in [-0.2, -0.15) is 0 Å². The smallest absolute Gasteiger partial charge is 0.323 e. The van der Waals surface area contributed by atoms with E-state index in [1.807, 2.05) is 32.0 Å². The van der Waals surface area contributed by atoms with Gasteiger partial charge in [-0.1, -0.05) is 13.0 Å². The highest BCUT2D eigenvalue weighted by Crippen LogP contribution is 2.18. The summed E-state index contributed by atoms with van der Waals surface area (Å²) >= 11 is 0. The second-order valence-electron chi connectivity index (χ2n) is 5.31. The maximum atomic E-state index is 12.3. The molecule has 110 valence electrons. The summed E-state index contributed by atoms with van der Waals surface area (Å²) in [6.45, 7) is 5.72. The average Bonchev–Trinajstić information content (AvgIpc) is 2.35. The van der Waals surface area contributed by atoms with E-state index in [0.29, 0.717) is 0 Å². The van der Waals surface area contributed by atoms with Crippen molar-refractivity contribution in [2.75, 3.05) is 25.5 Å². The van der Waals surface area contributed by atoms with E-state index >= 15 is 0 Å². The molecule has 0 radical (unpaired) electrons. The fourth-order valence-electron chi connectivity index (χ4n) is 2.08. The first-order valence-corrected chi connectivity index (χ1v) is 6.52. The number of carbonyl (C=O) groups is 2. The van der Waals surface area contributed by atoms with E-state index in [4.69, 9.17) is 5.11 Å². The minimum Gasteiger partial charge on any atom is -0.481 e. The first-order valence-electron chi connectivity index (χ1n) is 6.52. The molecular weight excluding hydrogens is 256 g/mol. The molecule has 0 aliphatic heterocycles. The monoisotopic (exact) mass is 278 g/mol. The van der Waals surface area contributed by atoms with Gasteiger partial charge in [-0.3, -0.25) is 9.69 Å². The molecule has 1 N–H and O–H groups in total. The lowest BCUT2D eigenvalue weighted by Crippen LogP contribution is -2.42. The minimum absolute atomic E-state index is 0.184. The van der Waals surface area contributed by atoms with Crippen molar-refractivity contribution in [2.45, 2.75) is 20.8 Å². The van der Waals surface area contributed by atoms with Gasteiger partial charge in [0.15, 0.2) is 0 Å². The van der Waals surface area contributed by atoms with Crippen LogP contribution in [0.4, 0.5) is 10.5 Å². The molecular formula is C15H22N2O3. The van der Waals surface area contributed by atoms with Crippen LogP contribution >= 0.6 is 0 Å². The predicted octanol–water partition coefficient (Wildman–Crippen LogP) is 2.51. The Morgan fingerprint density at radius 2 is 1.65 bits per heavy atom. The van der Waals surface area contributed by atoms with Crippen LogP contribution in [0.2, 0.25) is 0 Å². The minimum atomic E-state index is -0.904. The standard InChI is InChI=1S/C15H22N2O3/c1-10-6-11(2)8-13(7-10)17(5)15(20)16(4)9-12(3)14(18)19/h6-8,12H,9H2,1-5H3,(H,18,19). The summed E-state index contributed by atoms with van der Waals surface area (Å²) in [5.41, 5.74) is 2.98. The summed E-state index contributed by atoms with van der Waals surface area (Å²) in [6, 6.07) is 5.68. The zero-order valence-corrected chi connectivity index (χ0v) is 12.7. The maximum absolute atomic E-state index is 12.3. The third kappa shape index (κ3) is 3.98. The quantitative estimate of drug-likeness (QED) is 0.920. The number of benzene rings is 1. The van der Waals surface area contributed by atoms with Crippen molar-refractivity contribution in [3.63, 3.8) is 0 Å². The number of urea groups is 1. The molecule has 0 heterocycles. The summed E-state index contributed by atoms with van der Waals surface area (Å²) in [7, 11) is 3.30. The van der Waals surface area contributed by atoms with Crippen molar-refractivity contribution in [2.24, 2.45) is 5.92 Å². The Hall–Kier alpha value is -2.04. The van der Waals surface area contributed by atoms with Crippen molar-refractivity contribution in [1.29, 1.82) is 0 Å². The second-order valence-corrected chi connectivity index (χ2v) is 5.31. The summed E-state index contributed by atoms with van der Waals surface area (Å²) in [5, 5.41) is 8.89. The van der Waals surface area contributed by atoms with Crippen LogP contribution in [0.15, 0.2) is 18.2 Å². The molecule has 0 fully saturated rings. The van der Waals surface area contributed by atoms with Crippen LogP contribution in [0.25, 0.3) is 0 Å². The Bertz CT molecular complexity index is 494. The number of aliphatic carboxylic acids is 1. The SMILES string of the molecule is Cc1cc(C)cc(N(C)C(=O)N(C)CC(C)C(=O)O)c1. The lowest BCUT2D eigenvalue weighted by Gasteiger charge is -2.26. The number of hydrogen-bond donors (Lipinski definition) is 1. The number of nitrogens with zero attached hydrogens (tertiary/aromatic N) is 2. The van der Waals surface area contributed by atoms with E-state index in [1.54, 1.807) is 21.0 Å². The van der Waals surface area contributed by atoms with Gasteiger partial charge in [0.25, 0.3) is 0 Å². The van der Waals surface area contributed by atoms with E-state index in [-0.39, 0.29) is 12.6 Å². The summed E-state index contributed by atoms with van der Waals surface area (Å²) < 4.78 is 0. The number of aryl methyl sites for hydroxylation is 2.